The largest absolute Gasteiger partial charge is 0.341 e. The summed E-state index contributed by atoms with van der Waals surface area (Å²) < 4.78 is 0.959. The van der Waals surface area contributed by atoms with Gasteiger partial charge in [-0.2, -0.15) is 0 Å². The van der Waals surface area contributed by atoms with E-state index in [1.54, 1.807) is 29.2 Å². The Balaban J connectivity index is 0.00000192. The molecule has 1 aromatic carbocycles. The lowest BCUT2D eigenvalue weighted by Gasteiger charge is -2.16. The molecule has 0 radical (unpaired) electrons. The Kier molecular flexibility index (Phi) is 5.23. The molecule has 2 aromatic rings. The summed E-state index contributed by atoms with van der Waals surface area (Å²) in [6, 6.07) is 6.76. The zero-order chi connectivity index (χ0) is 15.7. The lowest BCUT2D eigenvalue weighted by atomic mass is 10.1. The lowest BCUT2D eigenvalue weighted by Crippen LogP contribution is -2.41. The Hall–Kier alpha value is -2.12. The third-order valence-corrected chi connectivity index (χ3v) is 4.15. The molecule has 1 aliphatic heterocycles. The maximum absolute atomic E-state index is 12.4. The highest BCUT2D eigenvalue weighted by atomic mass is 35.5. The van der Waals surface area contributed by atoms with Gasteiger partial charge in [0.25, 0.3) is 5.56 Å². The molecule has 1 saturated heterocycles. The molecule has 1 aromatic heterocycles. The SMILES string of the molecule is Cl.NCC1CCN(C(=O)Cn2c(=O)[nH]c3ccccc3c2=O)C1. The van der Waals surface area contributed by atoms with Gasteiger partial charge in [-0.25, -0.2) is 4.79 Å². The van der Waals surface area contributed by atoms with Crippen molar-refractivity contribution in [2.45, 2.75) is 13.0 Å². The van der Waals surface area contributed by atoms with Crippen molar-refractivity contribution in [3.63, 3.8) is 0 Å². The van der Waals surface area contributed by atoms with Crippen LogP contribution < -0.4 is 17.0 Å². The fraction of sp³-hybridized carbons (Fsp3) is 0.400. The fourth-order valence-corrected chi connectivity index (χ4v) is 2.83. The van der Waals surface area contributed by atoms with E-state index in [4.69, 9.17) is 5.73 Å². The van der Waals surface area contributed by atoms with Crippen LogP contribution in [0.4, 0.5) is 0 Å². The normalized spacial score (nSPS) is 17.3. The molecule has 0 aliphatic carbocycles. The van der Waals surface area contributed by atoms with Gasteiger partial charge >= 0.3 is 5.69 Å². The smallest absolute Gasteiger partial charge is 0.329 e. The van der Waals surface area contributed by atoms with Gasteiger partial charge in [-0.3, -0.25) is 14.2 Å². The number of likely N-dealkylation sites (tertiary alicyclic amines) is 1. The number of fused-ring (bicyclic) bond motifs is 1. The fourth-order valence-electron chi connectivity index (χ4n) is 2.83. The van der Waals surface area contributed by atoms with Crippen LogP contribution in [0.1, 0.15) is 6.42 Å². The summed E-state index contributed by atoms with van der Waals surface area (Å²) in [6.07, 6.45) is 0.866. The van der Waals surface area contributed by atoms with Gasteiger partial charge in [0.2, 0.25) is 5.91 Å². The molecular weight excluding hydrogens is 320 g/mol. The Morgan fingerprint density at radius 3 is 2.74 bits per heavy atom. The van der Waals surface area contributed by atoms with Crippen molar-refractivity contribution in [2.75, 3.05) is 19.6 Å². The number of benzene rings is 1. The first kappa shape index (κ1) is 17.2. The molecule has 0 saturated carbocycles. The maximum Gasteiger partial charge on any atom is 0.329 e. The highest BCUT2D eigenvalue weighted by Gasteiger charge is 2.25. The third-order valence-electron chi connectivity index (χ3n) is 4.15. The number of nitrogens with zero attached hydrogens (tertiary/aromatic N) is 2. The summed E-state index contributed by atoms with van der Waals surface area (Å²) in [6.45, 7) is 1.52. The van der Waals surface area contributed by atoms with Gasteiger partial charge < -0.3 is 15.6 Å². The van der Waals surface area contributed by atoms with Crippen LogP contribution in [-0.2, 0) is 11.3 Å². The number of nitrogens with two attached hydrogens (primary N) is 1. The number of para-hydroxylation sites is 1. The molecule has 1 fully saturated rings. The maximum atomic E-state index is 12.4. The number of aromatic nitrogens is 2. The zero-order valence-electron chi connectivity index (χ0n) is 12.5. The monoisotopic (exact) mass is 338 g/mol. The van der Waals surface area contributed by atoms with E-state index >= 15 is 0 Å². The summed E-state index contributed by atoms with van der Waals surface area (Å²) in [5, 5.41) is 0.399. The van der Waals surface area contributed by atoms with Gasteiger partial charge in [0, 0.05) is 13.1 Å². The predicted molar refractivity (Wildman–Crippen MR) is 89.8 cm³/mol. The first-order chi connectivity index (χ1) is 10.6. The van der Waals surface area contributed by atoms with E-state index in [0.717, 1.165) is 11.0 Å². The minimum absolute atomic E-state index is 0. The van der Waals surface area contributed by atoms with E-state index in [1.165, 1.54) is 0 Å². The van der Waals surface area contributed by atoms with Gasteiger partial charge in [0.15, 0.2) is 0 Å². The molecule has 0 spiro atoms. The summed E-state index contributed by atoms with van der Waals surface area (Å²) in [5.41, 5.74) is 5.08. The van der Waals surface area contributed by atoms with Gasteiger partial charge in [-0.1, -0.05) is 12.1 Å². The molecule has 7 nitrogen and oxygen atoms in total. The second-order valence-corrected chi connectivity index (χ2v) is 5.60. The Morgan fingerprint density at radius 2 is 2.04 bits per heavy atom. The number of aromatic amines is 1. The topological polar surface area (TPSA) is 101 Å². The predicted octanol–water partition coefficient (Wildman–Crippen LogP) is -0.0812. The van der Waals surface area contributed by atoms with Crippen LogP contribution in [0.25, 0.3) is 10.9 Å². The van der Waals surface area contributed by atoms with Gasteiger partial charge in [-0.05, 0) is 31.0 Å². The van der Waals surface area contributed by atoms with Crippen LogP contribution in [0.3, 0.4) is 0 Å². The number of H-pyrrole nitrogens is 1. The molecule has 23 heavy (non-hydrogen) atoms. The van der Waals surface area contributed by atoms with Gasteiger partial charge in [0.1, 0.15) is 6.54 Å². The average Bonchev–Trinajstić information content (AvgIpc) is 3.00. The summed E-state index contributed by atoms with van der Waals surface area (Å²) >= 11 is 0. The number of halogens is 1. The number of carbonyl (C=O) groups is 1. The molecule has 2 heterocycles. The Bertz CT molecular complexity index is 829. The third kappa shape index (κ3) is 3.30. The van der Waals surface area contributed by atoms with Gasteiger partial charge in [0.05, 0.1) is 10.9 Å². The van der Waals surface area contributed by atoms with Crippen LogP contribution in [0.2, 0.25) is 0 Å². The second-order valence-electron chi connectivity index (χ2n) is 5.60. The minimum Gasteiger partial charge on any atom is -0.341 e. The molecular formula is C15H19ClN4O3. The molecule has 3 rings (SSSR count). The van der Waals surface area contributed by atoms with Crippen molar-refractivity contribution in [3.05, 3.63) is 45.1 Å². The van der Waals surface area contributed by atoms with E-state index in [1.807, 2.05) is 0 Å². The van der Waals surface area contributed by atoms with Crippen molar-refractivity contribution in [1.82, 2.24) is 14.5 Å². The van der Waals surface area contributed by atoms with Crippen molar-refractivity contribution in [1.29, 1.82) is 0 Å². The van der Waals surface area contributed by atoms with E-state index in [-0.39, 0.29) is 24.9 Å². The number of hydrogen-bond acceptors (Lipinski definition) is 4. The first-order valence-electron chi connectivity index (χ1n) is 7.30. The number of carbonyl (C=O) groups excluding carboxylic acids is 1. The van der Waals surface area contributed by atoms with E-state index in [0.29, 0.717) is 36.5 Å². The molecule has 8 heteroatoms. The van der Waals surface area contributed by atoms with Crippen molar-refractivity contribution >= 4 is 29.2 Å². The molecule has 1 aliphatic rings. The lowest BCUT2D eigenvalue weighted by molar-refractivity contribution is -0.131. The van der Waals surface area contributed by atoms with Crippen LogP contribution in [-0.4, -0.2) is 40.0 Å². The highest BCUT2D eigenvalue weighted by Crippen LogP contribution is 2.14. The van der Waals surface area contributed by atoms with Crippen LogP contribution >= 0.6 is 12.4 Å². The number of rotatable bonds is 3. The van der Waals surface area contributed by atoms with E-state index in [2.05, 4.69) is 4.98 Å². The Morgan fingerprint density at radius 1 is 1.30 bits per heavy atom. The van der Waals surface area contributed by atoms with Crippen molar-refractivity contribution < 1.29 is 4.79 Å². The molecule has 1 unspecified atom stereocenters. The van der Waals surface area contributed by atoms with Crippen molar-refractivity contribution in [3.8, 4) is 0 Å². The summed E-state index contributed by atoms with van der Waals surface area (Å²) in [7, 11) is 0. The molecule has 1 atom stereocenters. The molecule has 1 amide bonds. The number of hydrogen-bond donors (Lipinski definition) is 2. The standard InChI is InChI=1S/C15H18N4O3.ClH/c16-7-10-5-6-18(8-10)13(20)9-19-14(21)11-3-1-2-4-12(11)17-15(19)22;/h1-4,10H,5-9,16H2,(H,17,22);1H. The summed E-state index contributed by atoms with van der Waals surface area (Å²) in [4.78, 5) is 41.0. The molecule has 124 valence electrons. The van der Waals surface area contributed by atoms with Gasteiger partial charge in [-0.15, -0.1) is 12.4 Å². The zero-order valence-corrected chi connectivity index (χ0v) is 13.3. The minimum atomic E-state index is -0.563. The van der Waals surface area contributed by atoms with Crippen LogP contribution in [0.15, 0.2) is 33.9 Å². The van der Waals surface area contributed by atoms with E-state index in [9.17, 15) is 14.4 Å². The second kappa shape index (κ2) is 6.97. The van der Waals surface area contributed by atoms with Crippen LogP contribution in [0.5, 0.6) is 0 Å². The van der Waals surface area contributed by atoms with Crippen LogP contribution in [0, 0.1) is 5.92 Å². The number of amides is 1. The Labute approximate surface area is 138 Å². The van der Waals surface area contributed by atoms with E-state index < -0.39 is 11.2 Å². The summed E-state index contributed by atoms with van der Waals surface area (Å²) in [5.74, 6) is 0.0781. The average molecular weight is 339 g/mol. The van der Waals surface area contributed by atoms with Crippen molar-refractivity contribution in [2.24, 2.45) is 11.7 Å². The quantitative estimate of drug-likeness (QED) is 0.817. The molecule has 3 N–H and O–H groups in total. The number of nitrogens with one attached hydrogen (secondary N) is 1. The first-order valence-corrected chi connectivity index (χ1v) is 7.30. The molecule has 0 bridgehead atoms. The highest BCUT2D eigenvalue weighted by molar-refractivity contribution is 5.85.